The maximum Gasteiger partial charge on any atom is 0.231 e. The Bertz CT molecular complexity index is 375. The SMILES string of the molecule is NC(c1cccnc1)N1C(=O)CCC1=O. The second kappa shape index (κ2) is 3.78. The van der Waals surface area contributed by atoms with Crippen LogP contribution in [0.5, 0.6) is 0 Å². The number of nitrogens with two attached hydrogens (primary N) is 1. The summed E-state index contributed by atoms with van der Waals surface area (Å²) in [6.07, 6.45) is 2.98. The van der Waals surface area contributed by atoms with E-state index in [1.165, 1.54) is 0 Å². The fourth-order valence-corrected chi connectivity index (χ4v) is 1.60. The predicted octanol–water partition coefficient (Wildman–Crippen LogP) is 0.188. The van der Waals surface area contributed by atoms with Gasteiger partial charge in [0.15, 0.2) is 0 Å². The Morgan fingerprint density at radius 2 is 2.00 bits per heavy atom. The second-order valence-corrected chi connectivity index (χ2v) is 3.39. The standard InChI is InChI=1S/C10H11N3O2/c11-10(7-2-1-5-12-6-7)13-8(14)3-4-9(13)15/h1-2,5-6,10H,3-4,11H2. The molecule has 1 aromatic rings. The van der Waals surface area contributed by atoms with Gasteiger partial charge in [0.05, 0.1) is 0 Å². The van der Waals surface area contributed by atoms with Crippen LogP contribution in [0, 0.1) is 0 Å². The number of imide groups is 1. The molecule has 1 fully saturated rings. The van der Waals surface area contributed by atoms with E-state index in [2.05, 4.69) is 4.98 Å². The quantitative estimate of drug-likeness (QED) is 0.699. The van der Waals surface area contributed by atoms with Gasteiger partial charge in [0, 0.05) is 30.8 Å². The summed E-state index contributed by atoms with van der Waals surface area (Å²) in [5.41, 5.74) is 6.49. The summed E-state index contributed by atoms with van der Waals surface area (Å²) in [5.74, 6) is -0.423. The molecule has 2 heterocycles. The lowest BCUT2D eigenvalue weighted by molar-refractivity contribution is -0.141. The molecule has 0 aliphatic carbocycles. The van der Waals surface area contributed by atoms with E-state index in [1.807, 2.05) is 0 Å². The van der Waals surface area contributed by atoms with E-state index in [9.17, 15) is 9.59 Å². The Kier molecular flexibility index (Phi) is 2.47. The highest BCUT2D eigenvalue weighted by atomic mass is 16.2. The summed E-state index contributed by atoms with van der Waals surface area (Å²) >= 11 is 0. The fourth-order valence-electron chi connectivity index (χ4n) is 1.60. The summed E-state index contributed by atoms with van der Waals surface area (Å²) in [5, 5.41) is 0. The molecule has 2 N–H and O–H groups in total. The lowest BCUT2D eigenvalue weighted by atomic mass is 10.2. The monoisotopic (exact) mass is 205 g/mol. The zero-order valence-corrected chi connectivity index (χ0v) is 8.09. The summed E-state index contributed by atoms with van der Waals surface area (Å²) in [4.78, 5) is 27.8. The van der Waals surface area contributed by atoms with Crippen molar-refractivity contribution in [2.24, 2.45) is 5.73 Å². The van der Waals surface area contributed by atoms with Gasteiger partial charge < -0.3 is 5.73 Å². The lowest BCUT2D eigenvalue weighted by Gasteiger charge is -2.21. The van der Waals surface area contributed by atoms with Crippen LogP contribution in [0.1, 0.15) is 24.6 Å². The Balaban J connectivity index is 2.24. The molecule has 78 valence electrons. The van der Waals surface area contributed by atoms with Gasteiger partial charge in [0.1, 0.15) is 6.17 Å². The van der Waals surface area contributed by atoms with Crippen molar-refractivity contribution >= 4 is 11.8 Å². The number of hydrogen-bond acceptors (Lipinski definition) is 4. The van der Waals surface area contributed by atoms with E-state index in [0.29, 0.717) is 5.56 Å². The maximum atomic E-state index is 11.4. The van der Waals surface area contributed by atoms with Crippen molar-refractivity contribution in [3.8, 4) is 0 Å². The zero-order chi connectivity index (χ0) is 10.8. The topological polar surface area (TPSA) is 76.3 Å². The molecule has 1 aromatic heterocycles. The van der Waals surface area contributed by atoms with Crippen molar-refractivity contribution in [2.75, 3.05) is 0 Å². The van der Waals surface area contributed by atoms with Gasteiger partial charge in [-0.2, -0.15) is 0 Å². The first-order valence-corrected chi connectivity index (χ1v) is 4.70. The molecule has 1 aliphatic rings. The number of carbonyl (C=O) groups excluding carboxylic acids is 2. The zero-order valence-electron chi connectivity index (χ0n) is 8.09. The molecule has 1 atom stereocenters. The average Bonchev–Trinajstić information content (AvgIpc) is 2.59. The molecule has 5 nitrogen and oxygen atoms in total. The minimum atomic E-state index is -0.707. The molecule has 0 bridgehead atoms. The number of nitrogens with zero attached hydrogens (tertiary/aromatic N) is 2. The van der Waals surface area contributed by atoms with E-state index in [1.54, 1.807) is 24.5 Å². The maximum absolute atomic E-state index is 11.4. The van der Waals surface area contributed by atoms with Gasteiger partial charge in [0.25, 0.3) is 0 Å². The minimum Gasteiger partial charge on any atom is -0.307 e. The third-order valence-electron chi connectivity index (χ3n) is 2.39. The van der Waals surface area contributed by atoms with E-state index in [-0.39, 0.29) is 24.7 Å². The van der Waals surface area contributed by atoms with E-state index in [4.69, 9.17) is 5.73 Å². The Morgan fingerprint density at radius 1 is 1.33 bits per heavy atom. The largest absolute Gasteiger partial charge is 0.307 e. The minimum absolute atomic E-state index is 0.212. The van der Waals surface area contributed by atoms with Crippen molar-refractivity contribution in [1.82, 2.24) is 9.88 Å². The van der Waals surface area contributed by atoms with Crippen LogP contribution in [0.4, 0.5) is 0 Å². The third-order valence-corrected chi connectivity index (χ3v) is 2.39. The lowest BCUT2D eigenvalue weighted by Crippen LogP contribution is -2.38. The molecule has 5 heteroatoms. The summed E-state index contributed by atoms with van der Waals surface area (Å²) in [6, 6.07) is 3.47. The van der Waals surface area contributed by atoms with Gasteiger partial charge in [-0.1, -0.05) is 6.07 Å². The molecule has 2 amide bonds. The van der Waals surface area contributed by atoms with E-state index < -0.39 is 6.17 Å². The normalized spacial score (nSPS) is 18.3. The van der Waals surface area contributed by atoms with Crippen LogP contribution in [-0.4, -0.2) is 21.7 Å². The van der Waals surface area contributed by atoms with Crippen molar-refractivity contribution < 1.29 is 9.59 Å². The number of hydrogen-bond donors (Lipinski definition) is 1. The van der Waals surface area contributed by atoms with Gasteiger partial charge in [-0.3, -0.25) is 19.5 Å². The van der Waals surface area contributed by atoms with Crippen LogP contribution in [0.25, 0.3) is 0 Å². The molecule has 1 aliphatic heterocycles. The second-order valence-electron chi connectivity index (χ2n) is 3.39. The molecular weight excluding hydrogens is 194 g/mol. The highest BCUT2D eigenvalue weighted by molar-refractivity contribution is 6.02. The van der Waals surface area contributed by atoms with Crippen LogP contribution >= 0.6 is 0 Å². The fraction of sp³-hybridized carbons (Fsp3) is 0.300. The number of likely N-dealkylation sites (tertiary alicyclic amines) is 1. The molecule has 0 aromatic carbocycles. The molecule has 0 radical (unpaired) electrons. The molecular formula is C10H11N3O2. The third kappa shape index (κ3) is 1.73. The van der Waals surface area contributed by atoms with Gasteiger partial charge in [0.2, 0.25) is 11.8 Å². The molecule has 1 saturated heterocycles. The number of pyridine rings is 1. The molecule has 0 saturated carbocycles. The Hall–Kier alpha value is -1.75. The highest BCUT2D eigenvalue weighted by Gasteiger charge is 2.33. The van der Waals surface area contributed by atoms with Crippen LogP contribution < -0.4 is 5.73 Å². The van der Waals surface area contributed by atoms with Crippen molar-refractivity contribution in [3.63, 3.8) is 0 Å². The van der Waals surface area contributed by atoms with Crippen LogP contribution in [0.15, 0.2) is 24.5 Å². The van der Waals surface area contributed by atoms with E-state index >= 15 is 0 Å². The summed E-state index contributed by atoms with van der Waals surface area (Å²) in [6.45, 7) is 0. The summed E-state index contributed by atoms with van der Waals surface area (Å²) < 4.78 is 0. The van der Waals surface area contributed by atoms with Crippen LogP contribution in [0.3, 0.4) is 0 Å². The van der Waals surface area contributed by atoms with Crippen LogP contribution in [0.2, 0.25) is 0 Å². The number of aromatic nitrogens is 1. The van der Waals surface area contributed by atoms with Crippen LogP contribution in [-0.2, 0) is 9.59 Å². The van der Waals surface area contributed by atoms with Crippen molar-refractivity contribution in [1.29, 1.82) is 0 Å². The molecule has 1 unspecified atom stereocenters. The van der Waals surface area contributed by atoms with Gasteiger partial charge in [-0.25, -0.2) is 0 Å². The smallest absolute Gasteiger partial charge is 0.231 e. The molecule has 0 spiro atoms. The highest BCUT2D eigenvalue weighted by Crippen LogP contribution is 2.21. The Morgan fingerprint density at radius 3 is 2.53 bits per heavy atom. The number of carbonyl (C=O) groups is 2. The van der Waals surface area contributed by atoms with Gasteiger partial charge in [-0.15, -0.1) is 0 Å². The molecule has 2 rings (SSSR count). The molecule has 15 heavy (non-hydrogen) atoms. The first kappa shape index (κ1) is 9.79. The average molecular weight is 205 g/mol. The number of rotatable bonds is 2. The predicted molar refractivity (Wildman–Crippen MR) is 52.3 cm³/mol. The van der Waals surface area contributed by atoms with Crippen molar-refractivity contribution in [2.45, 2.75) is 19.0 Å². The van der Waals surface area contributed by atoms with E-state index in [0.717, 1.165) is 4.90 Å². The first-order valence-electron chi connectivity index (χ1n) is 4.70. The number of amides is 2. The van der Waals surface area contributed by atoms with Gasteiger partial charge in [-0.05, 0) is 6.07 Å². The van der Waals surface area contributed by atoms with Gasteiger partial charge >= 0.3 is 0 Å². The Labute approximate surface area is 86.9 Å². The van der Waals surface area contributed by atoms with Crippen molar-refractivity contribution in [3.05, 3.63) is 30.1 Å². The first-order chi connectivity index (χ1) is 7.20. The summed E-state index contributed by atoms with van der Waals surface area (Å²) in [7, 11) is 0.